The zero-order valence-corrected chi connectivity index (χ0v) is 17.9. The number of benzene rings is 2. The second kappa shape index (κ2) is 10.1. The first kappa shape index (κ1) is 20.9. The predicted molar refractivity (Wildman–Crippen MR) is 121 cm³/mol. The molecule has 0 aromatic heterocycles. The first-order valence-corrected chi connectivity index (χ1v) is 11.3. The number of amides is 1. The minimum Gasteiger partial charge on any atom is -0.492 e. The molecule has 4 rings (SSSR count). The van der Waals surface area contributed by atoms with E-state index in [4.69, 9.17) is 4.74 Å². The Morgan fingerprint density at radius 1 is 1.00 bits per heavy atom. The molecule has 2 heterocycles. The van der Waals surface area contributed by atoms with Crippen LogP contribution in [-0.2, 0) is 4.79 Å². The molecular weight excluding hydrogens is 374 g/mol. The first-order chi connectivity index (χ1) is 14.8. The maximum Gasteiger partial charge on any atom is 0.246 e. The molecule has 5 heteroatoms. The fraction of sp³-hybridized carbons (Fsp3) is 0.480. The van der Waals surface area contributed by atoms with Crippen LogP contribution < -0.4 is 10.1 Å². The number of carbonyl (C=O) groups is 1. The van der Waals surface area contributed by atoms with Crippen molar-refractivity contribution in [3.63, 3.8) is 0 Å². The van der Waals surface area contributed by atoms with Gasteiger partial charge in [0.2, 0.25) is 5.91 Å². The van der Waals surface area contributed by atoms with Crippen molar-refractivity contribution in [2.75, 3.05) is 38.1 Å². The lowest BCUT2D eigenvalue weighted by Gasteiger charge is -2.40. The average molecular weight is 408 g/mol. The Morgan fingerprint density at radius 2 is 1.67 bits per heavy atom. The smallest absolute Gasteiger partial charge is 0.246 e. The van der Waals surface area contributed by atoms with Crippen LogP contribution in [0.15, 0.2) is 54.6 Å². The summed E-state index contributed by atoms with van der Waals surface area (Å²) in [4.78, 5) is 18.5. The van der Waals surface area contributed by atoms with Gasteiger partial charge in [-0.15, -0.1) is 0 Å². The van der Waals surface area contributed by atoms with E-state index in [9.17, 15) is 4.79 Å². The summed E-state index contributed by atoms with van der Waals surface area (Å²) in [5.74, 6) is 0.723. The number of hydrogen-bond acceptors (Lipinski definition) is 4. The average Bonchev–Trinajstić information content (AvgIpc) is 3.32. The van der Waals surface area contributed by atoms with Gasteiger partial charge in [0.15, 0.2) is 0 Å². The number of nitrogens with zero attached hydrogens (tertiary/aromatic N) is 2. The maximum absolute atomic E-state index is 13.5. The van der Waals surface area contributed by atoms with Crippen LogP contribution in [0.4, 0.5) is 5.69 Å². The first-order valence-electron chi connectivity index (χ1n) is 11.3. The van der Waals surface area contributed by atoms with Gasteiger partial charge in [-0.05, 0) is 63.4 Å². The fourth-order valence-electron chi connectivity index (χ4n) is 4.83. The van der Waals surface area contributed by atoms with Gasteiger partial charge < -0.3 is 15.0 Å². The summed E-state index contributed by atoms with van der Waals surface area (Å²) < 4.78 is 5.71. The number of carbonyl (C=O) groups excluding carboxylic acids is 1. The topological polar surface area (TPSA) is 44.8 Å². The van der Waals surface area contributed by atoms with E-state index >= 15 is 0 Å². The minimum atomic E-state index is -0.291. The lowest BCUT2D eigenvalue weighted by molar-refractivity contribution is -0.122. The molecule has 2 fully saturated rings. The number of ether oxygens (including phenoxy) is 1. The molecule has 2 aromatic carbocycles. The highest BCUT2D eigenvalue weighted by atomic mass is 16.5. The lowest BCUT2D eigenvalue weighted by atomic mass is 9.97. The highest BCUT2D eigenvalue weighted by molar-refractivity contribution is 5.96. The van der Waals surface area contributed by atoms with E-state index in [-0.39, 0.29) is 11.9 Å². The summed E-state index contributed by atoms with van der Waals surface area (Å²) in [5, 5.41) is 3.14. The van der Waals surface area contributed by atoms with Gasteiger partial charge in [-0.3, -0.25) is 9.69 Å². The highest BCUT2D eigenvalue weighted by Crippen LogP contribution is 2.31. The molecule has 1 N–H and O–H groups in total. The van der Waals surface area contributed by atoms with Crippen LogP contribution in [0.1, 0.15) is 44.2 Å². The molecular formula is C25H33N3O2. The van der Waals surface area contributed by atoms with Crippen molar-refractivity contribution in [3.8, 4) is 5.75 Å². The lowest BCUT2D eigenvalue weighted by Crippen LogP contribution is -2.47. The van der Waals surface area contributed by atoms with Crippen molar-refractivity contribution in [1.29, 1.82) is 0 Å². The third-order valence-electron chi connectivity index (χ3n) is 6.33. The van der Waals surface area contributed by atoms with E-state index in [0.29, 0.717) is 18.4 Å². The van der Waals surface area contributed by atoms with Crippen LogP contribution in [0.2, 0.25) is 0 Å². The van der Waals surface area contributed by atoms with E-state index in [1.54, 1.807) is 0 Å². The Morgan fingerprint density at radius 3 is 2.37 bits per heavy atom. The van der Waals surface area contributed by atoms with Gasteiger partial charge >= 0.3 is 0 Å². The van der Waals surface area contributed by atoms with Crippen LogP contribution in [-0.4, -0.2) is 54.5 Å². The van der Waals surface area contributed by atoms with Crippen molar-refractivity contribution in [1.82, 2.24) is 9.80 Å². The summed E-state index contributed by atoms with van der Waals surface area (Å²) in [6, 6.07) is 18.2. The van der Waals surface area contributed by atoms with Gasteiger partial charge in [0.1, 0.15) is 11.8 Å². The van der Waals surface area contributed by atoms with Gasteiger partial charge in [-0.2, -0.15) is 0 Å². The van der Waals surface area contributed by atoms with Crippen molar-refractivity contribution < 1.29 is 9.53 Å². The molecule has 0 radical (unpaired) electrons. The van der Waals surface area contributed by atoms with Gasteiger partial charge in [0.05, 0.1) is 12.3 Å². The van der Waals surface area contributed by atoms with Crippen LogP contribution >= 0.6 is 0 Å². The summed E-state index contributed by atoms with van der Waals surface area (Å²) in [5.41, 5.74) is 1.78. The second-order valence-corrected chi connectivity index (χ2v) is 8.24. The normalized spacial score (nSPS) is 19.5. The number of piperidine rings is 1. The standard InChI is InChI=1S/C25H33N3O2/c1-2-30-23-13-7-6-12-22(23)26-25(29)24(20-10-4-3-5-11-20)28-18-14-21(15-19-28)27-16-8-9-17-27/h3-7,10-13,21,24H,2,8-9,14-19H2,1H3,(H,26,29). The maximum atomic E-state index is 13.5. The molecule has 2 saturated heterocycles. The quantitative estimate of drug-likeness (QED) is 0.742. The number of hydrogen-bond donors (Lipinski definition) is 1. The fourth-order valence-corrected chi connectivity index (χ4v) is 4.83. The van der Waals surface area contributed by atoms with E-state index in [1.807, 2.05) is 49.4 Å². The molecule has 1 unspecified atom stereocenters. The molecule has 1 amide bonds. The van der Waals surface area contributed by atoms with Crippen molar-refractivity contribution in [2.45, 2.75) is 44.7 Å². The molecule has 0 saturated carbocycles. The van der Waals surface area contributed by atoms with Crippen LogP contribution in [0.3, 0.4) is 0 Å². The Labute approximate surface area is 180 Å². The summed E-state index contributed by atoms with van der Waals surface area (Å²) in [7, 11) is 0. The highest BCUT2D eigenvalue weighted by Gasteiger charge is 2.33. The molecule has 0 spiro atoms. The van der Waals surface area contributed by atoms with Crippen LogP contribution in [0, 0.1) is 0 Å². The van der Waals surface area contributed by atoms with Crippen LogP contribution in [0.25, 0.3) is 0 Å². The van der Waals surface area contributed by atoms with Gasteiger partial charge in [0, 0.05) is 19.1 Å². The number of nitrogens with one attached hydrogen (secondary N) is 1. The molecule has 2 aromatic rings. The van der Waals surface area contributed by atoms with E-state index in [1.165, 1.54) is 25.9 Å². The van der Waals surface area contributed by atoms with Crippen LogP contribution in [0.5, 0.6) is 5.75 Å². The zero-order valence-electron chi connectivity index (χ0n) is 17.9. The van der Waals surface area contributed by atoms with E-state index in [2.05, 4.69) is 27.2 Å². The molecule has 30 heavy (non-hydrogen) atoms. The number of likely N-dealkylation sites (tertiary alicyclic amines) is 2. The Kier molecular flexibility index (Phi) is 7.03. The Hall–Kier alpha value is -2.37. The largest absolute Gasteiger partial charge is 0.492 e. The molecule has 1 atom stereocenters. The minimum absolute atomic E-state index is 0.00738. The van der Waals surface area contributed by atoms with Gasteiger partial charge in [-0.1, -0.05) is 42.5 Å². The van der Waals surface area contributed by atoms with Gasteiger partial charge in [-0.25, -0.2) is 0 Å². The second-order valence-electron chi connectivity index (χ2n) is 8.24. The van der Waals surface area contributed by atoms with Crippen molar-refractivity contribution >= 4 is 11.6 Å². The molecule has 160 valence electrons. The van der Waals surface area contributed by atoms with Crippen molar-refractivity contribution in [2.24, 2.45) is 0 Å². The summed E-state index contributed by atoms with van der Waals surface area (Å²) in [6.07, 6.45) is 4.92. The molecule has 2 aliphatic rings. The SMILES string of the molecule is CCOc1ccccc1NC(=O)C(c1ccccc1)N1CCC(N2CCCC2)CC1. The van der Waals surface area contributed by atoms with E-state index < -0.39 is 0 Å². The third kappa shape index (κ3) is 4.85. The molecule has 2 aliphatic heterocycles. The third-order valence-corrected chi connectivity index (χ3v) is 6.33. The Balaban J connectivity index is 1.50. The Bertz CT molecular complexity index is 812. The number of para-hydroxylation sites is 2. The monoisotopic (exact) mass is 407 g/mol. The summed E-state index contributed by atoms with van der Waals surface area (Å²) >= 11 is 0. The molecule has 0 bridgehead atoms. The number of anilines is 1. The van der Waals surface area contributed by atoms with Crippen molar-refractivity contribution in [3.05, 3.63) is 60.2 Å². The molecule has 0 aliphatic carbocycles. The number of rotatable bonds is 7. The zero-order chi connectivity index (χ0) is 20.8. The van der Waals surface area contributed by atoms with Gasteiger partial charge in [0.25, 0.3) is 0 Å². The predicted octanol–water partition coefficient (Wildman–Crippen LogP) is 4.33. The summed E-state index contributed by atoms with van der Waals surface area (Å²) in [6.45, 7) is 6.89. The van der Waals surface area contributed by atoms with E-state index in [0.717, 1.165) is 37.2 Å². The molecule has 5 nitrogen and oxygen atoms in total.